The van der Waals surface area contributed by atoms with E-state index in [0.717, 1.165) is 8.61 Å². The summed E-state index contributed by atoms with van der Waals surface area (Å²) >= 11 is 0. The molecule has 1 aliphatic rings. The number of hydrogen-bond donors (Lipinski definition) is 1. The van der Waals surface area contributed by atoms with Crippen LogP contribution in [0.4, 0.5) is 0 Å². The average Bonchev–Trinajstić information content (AvgIpc) is 2.93. The summed E-state index contributed by atoms with van der Waals surface area (Å²) in [6.45, 7) is -0.690. The molecule has 10 nitrogen and oxygen atoms in total. The number of hydrazone groups is 1. The first kappa shape index (κ1) is 26.5. The first-order valence-electron chi connectivity index (χ1n) is 11.3. The van der Waals surface area contributed by atoms with Gasteiger partial charge in [-0.05, 0) is 42.0 Å². The Morgan fingerprint density at radius 1 is 0.892 bits per heavy atom. The largest absolute Gasteiger partial charge is 0.497 e. The van der Waals surface area contributed by atoms with Gasteiger partial charge in [-0.2, -0.15) is 13.7 Å². The van der Waals surface area contributed by atoms with Crippen molar-refractivity contribution in [3.63, 3.8) is 0 Å². The summed E-state index contributed by atoms with van der Waals surface area (Å²) in [6, 6.07) is 21.1. The normalized spacial score (nSPS) is 17.5. The lowest BCUT2D eigenvalue weighted by atomic mass is 10.2. The molecule has 3 aromatic rings. The van der Waals surface area contributed by atoms with Gasteiger partial charge in [-0.3, -0.25) is 4.79 Å². The van der Waals surface area contributed by atoms with Gasteiger partial charge in [0.15, 0.2) is 0 Å². The molecule has 0 saturated carbocycles. The third-order valence-electron chi connectivity index (χ3n) is 5.81. The fraction of sp³-hybridized carbons (Fsp3) is 0.200. The number of sulfonamides is 2. The van der Waals surface area contributed by atoms with Crippen molar-refractivity contribution in [3.05, 3.63) is 90.5 Å². The van der Waals surface area contributed by atoms with Crippen molar-refractivity contribution >= 4 is 32.2 Å². The van der Waals surface area contributed by atoms with Gasteiger partial charge in [0.2, 0.25) is 20.0 Å². The zero-order valence-electron chi connectivity index (χ0n) is 20.0. The van der Waals surface area contributed by atoms with E-state index < -0.39 is 32.0 Å². The summed E-state index contributed by atoms with van der Waals surface area (Å²) in [6.07, 6.45) is 1.39. The van der Waals surface area contributed by atoms with Crippen LogP contribution in [0.15, 0.2) is 99.8 Å². The number of methoxy groups -OCH3 is 1. The maximum atomic E-state index is 13.4. The molecule has 0 aromatic heterocycles. The van der Waals surface area contributed by atoms with Crippen LogP contribution < -0.4 is 10.2 Å². The third-order valence-corrected chi connectivity index (χ3v) is 9.61. The van der Waals surface area contributed by atoms with Crippen molar-refractivity contribution in [3.8, 4) is 5.75 Å². The highest BCUT2D eigenvalue weighted by Crippen LogP contribution is 2.25. The Kier molecular flexibility index (Phi) is 8.03. The maximum Gasteiger partial charge on any atom is 0.259 e. The molecule has 194 valence electrons. The number of hydrogen-bond acceptors (Lipinski definition) is 7. The lowest BCUT2D eigenvalue weighted by Crippen LogP contribution is -2.60. The second-order valence-corrected chi connectivity index (χ2v) is 12.0. The number of rotatable bonds is 8. The van der Waals surface area contributed by atoms with Crippen molar-refractivity contribution in [2.45, 2.75) is 15.8 Å². The van der Waals surface area contributed by atoms with Crippen molar-refractivity contribution in [2.75, 3.05) is 26.7 Å². The minimum Gasteiger partial charge on any atom is -0.497 e. The summed E-state index contributed by atoms with van der Waals surface area (Å²) in [5, 5.41) is 3.96. The summed E-state index contributed by atoms with van der Waals surface area (Å²) in [5.74, 6) is -0.156. The number of amides is 1. The maximum absolute atomic E-state index is 13.4. The molecule has 1 saturated heterocycles. The molecule has 4 rings (SSSR count). The van der Waals surface area contributed by atoms with Crippen LogP contribution in [0.3, 0.4) is 0 Å². The molecule has 0 bridgehead atoms. The van der Waals surface area contributed by atoms with E-state index in [1.54, 1.807) is 60.7 Å². The number of nitrogens with zero attached hydrogens (tertiary/aromatic N) is 3. The van der Waals surface area contributed by atoms with Crippen molar-refractivity contribution in [2.24, 2.45) is 5.10 Å². The minimum absolute atomic E-state index is 0.00653. The van der Waals surface area contributed by atoms with E-state index in [-0.39, 0.29) is 29.4 Å². The predicted octanol–water partition coefficient (Wildman–Crippen LogP) is 1.91. The van der Waals surface area contributed by atoms with Crippen molar-refractivity contribution in [1.29, 1.82) is 0 Å². The van der Waals surface area contributed by atoms with Crippen LogP contribution in [0.1, 0.15) is 5.56 Å². The fourth-order valence-corrected chi connectivity index (χ4v) is 6.95. The van der Waals surface area contributed by atoms with Crippen molar-refractivity contribution < 1.29 is 26.4 Å². The SMILES string of the molecule is COc1cccc(/C=N\NC(=O)[C@H]2CN(S(=O)(=O)c3ccccc3)CCN2S(=O)(=O)c2ccccc2)c1. The summed E-state index contributed by atoms with van der Waals surface area (Å²) in [5.41, 5.74) is 3.01. The van der Waals surface area contributed by atoms with Gasteiger partial charge in [0.05, 0.1) is 23.1 Å². The van der Waals surface area contributed by atoms with Gasteiger partial charge in [0.25, 0.3) is 5.91 Å². The zero-order chi connectivity index (χ0) is 26.5. The van der Waals surface area contributed by atoms with Gasteiger partial charge in [0, 0.05) is 19.6 Å². The van der Waals surface area contributed by atoms with Gasteiger partial charge in [-0.15, -0.1) is 0 Å². The average molecular weight is 543 g/mol. The van der Waals surface area contributed by atoms with Crippen molar-refractivity contribution in [1.82, 2.24) is 14.0 Å². The number of nitrogens with one attached hydrogen (secondary N) is 1. The Bertz CT molecular complexity index is 1480. The van der Waals surface area contributed by atoms with Crippen LogP contribution in [-0.2, 0) is 24.8 Å². The minimum atomic E-state index is -4.09. The molecule has 0 spiro atoms. The van der Waals surface area contributed by atoms with E-state index in [9.17, 15) is 21.6 Å². The molecule has 0 unspecified atom stereocenters. The number of benzene rings is 3. The van der Waals surface area contributed by atoms with Gasteiger partial charge in [-0.1, -0.05) is 48.5 Å². The second kappa shape index (κ2) is 11.2. The lowest BCUT2D eigenvalue weighted by Gasteiger charge is -2.38. The molecule has 1 N–H and O–H groups in total. The topological polar surface area (TPSA) is 125 Å². The van der Waals surface area contributed by atoms with Gasteiger partial charge in [0.1, 0.15) is 11.8 Å². The van der Waals surface area contributed by atoms with E-state index in [1.165, 1.54) is 37.6 Å². The quantitative estimate of drug-likeness (QED) is 0.342. The molecule has 1 heterocycles. The first-order chi connectivity index (χ1) is 17.7. The summed E-state index contributed by atoms with van der Waals surface area (Å²) in [4.78, 5) is 13.3. The monoisotopic (exact) mass is 542 g/mol. The fourth-order valence-electron chi connectivity index (χ4n) is 3.90. The molecular weight excluding hydrogens is 516 g/mol. The van der Waals surface area contributed by atoms with Crippen LogP contribution in [-0.4, -0.2) is 70.4 Å². The van der Waals surface area contributed by atoms with E-state index in [1.807, 2.05) is 0 Å². The zero-order valence-corrected chi connectivity index (χ0v) is 21.6. The number of carbonyl (C=O) groups is 1. The number of ether oxygens (including phenoxy) is 1. The highest BCUT2D eigenvalue weighted by Gasteiger charge is 2.43. The highest BCUT2D eigenvalue weighted by atomic mass is 32.2. The van der Waals surface area contributed by atoms with E-state index in [4.69, 9.17) is 4.74 Å². The van der Waals surface area contributed by atoms with Crippen LogP contribution in [0.5, 0.6) is 5.75 Å². The molecule has 3 aromatic carbocycles. The molecule has 0 aliphatic carbocycles. The molecule has 1 fully saturated rings. The molecule has 12 heteroatoms. The van der Waals surface area contributed by atoms with Gasteiger partial charge < -0.3 is 4.74 Å². The third kappa shape index (κ3) is 5.88. The Morgan fingerprint density at radius 2 is 1.51 bits per heavy atom. The molecule has 0 radical (unpaired) electrons. The number of piperazine rings is 1. The Labute approximate surface area is 216 Å². The van der Waals surface area contributed by atoms with E-state index in [0.29, 0.717) is 11.3 Å². The predicted molar refractivity (Wildman–Crippen MR) is 138 cm³/mol. The summed E-state index contributed by atoms with van der Waals surface area (Å²) < 4.78 is 60.6. The van der Waals surface area contributed by atoms with Crippen LogP contribution in [0, 0.1) is 0 Å². The van der Waals surface area contributed by atoms with E-state index in [2.05, 4.69) is 10.5 Å². The molecule has 1 amide bonds. The molecule has 1 atom stereocenters. The Morgan fingerprint density at radius 3 is 2.14 bits per heavy atom. The summed E-state index contributed by atoms with van der Waals surface area (Å²) in [7, 11) is -6.52. The van der Waals surface area contributed by atoms with E-state index >= 15 is 0 Å². The van der Waals surface area contributed by atoms with Crippen LogP contribution in [0.2, 0.25) is 0 Å². The Hall–Kier alpha value is -3.58. The Balaban J connectivity index is 1.62. The molecular formula is C25H26N4O6S2. The smallest absolute Gasteiger partial charge is 0.259 e. The number of carbonyl (C=O) groups excluding carboxylic acids is 1. The lowest BCUT2D eigenvalue weighted by molar-refractivity contribution is -0.125. The van der Waals surface area contributed by atoms with Gasteiger partial charge >= 0.3 is 0 Å². The van der Waals surface area contributed by atoms with Crippen LogP contribution >= 0.6 is 0 Å². The second-order valence-electron chi connectivity index (χ2n) is 8.13. The van der Waals surface area contributed by atoms with Gasteiger partial charge in [-0.25, -0.2) is 22.3 Å². The standard InChI is InChI=1S/C25H26N4O6S2/c1-35-21-10-8-9-20(17-21)18-26-27-25(30)24-19-28(36(31,32)22-11-4-2-5-12-22)15-16-29(24)37(33,34)23-13-6-3-7-14-23/h2-14,17-18,24H,15-16,19H2,1H3,(H,27,30)/b26-18-/t24-/m1/s1. The van der Waals surface area contributed by atoms with Crippen LogP contribution in [0.25, 0.3) is 0 Å². The molecule has 1 aliphatic heterocycles. The molecule has 37 heavy (non-hydrogen) atoms. The first-order valence-corrected chi connectivity index (χ1v) is 14.2. The highest BCUT2D eigenvalue weighted by molar-refractivity contribution is 7.89.